The Bertz CT molecular complexity index is 468. The summed E-state index contributed by atoms with van der Waals surface area (Å²) >= 11 is 1.68. The Kier molecular flexibility index (Phi) is 4.01. The maximum atomic E-state index is 5.74. The number of hydrogen-bond donors (Lipinski definition) is 1. The second kappa shape index (κ2) is 5.70. The highest BCUT2D eigenvalue weighted by Crippen LogP contribution is 2.29. The van der Waals surface area contributed by atoms with E-state index in [2.05, 4.69) is 0 Å². The van der Waals surface area contributed by atoms with E-state index in [-0.39, 0.29) is 0 Å². The molecule has 0 radical (unpaired) electrons. The lowest BCUT2D eigenvalue weighted by molar-refractivity contribution is 0.287. The smallest absolute Gasteiger partial charge is 0.162 e. The average molecular weight is 249 g/mol. The molecule has 0 fully saturated rings. The number of ether oxygens (including phenoxy) is 2. The van der Waals surface area contributed by atoms with Crippen molar-refractivity contribution in [2.75, 3.05) is 7.11 Å². The van der Waals surface area contributed by atoms with Gasteiger partial charge < -0.3 is 15.2 Å². The predicted octanol–water partition coefficient (Wildman–Crippen LogP) is 2.79. The number of nitrogens with two attached hydrogens (primary N) is 1. The molecule has 0 bridgehead atoms. The number of methoxy groups -OCH3 is 1. The summed E-state index contributed by atoms with van der Waals surface area (Å²) in [6.07, 6.45) is 0. The van der Waals surface area contributed by atoms with Crippen LogP contribution < -0.4 is 15.2 Å². The molecule has 0 aliphatic heterocycles. The maximum absolute atomic E-state index is 5.74. The van der Waals surface area contributed by atoms with Crippen molar-refractivity contribution in [1.82, 2.24) is 0 Å². The van der Waals surface area contributed by atoms with Gasteiger partial charge in [0, 0.05) is 11.4 Å². The van der Waals surface area contributed by atoms with E-state index in [4.69, 9.17) is 15.2 Å². The lowest BCUT2D eigenvalue weighted by atomic mass is 10.2. The quantitative estimate of drug-likeness (QED) is 0.886. The predicted molar refractivity (Wildman–Crippen MR) is 69.5 cm³/mol. The Balaban J connectivity index is 2.12. The molecule has 0 saturated heterocycles. The number of benzene rings is 1. The van der Waals surface area contributed by atoms with E-state index in [1.807, 2.05) is 35.7 Å². The summed E-state index contributed by atoms with van der Waals surface area (Å²) in [7, 11) is 1.63. The Morgan fingerprint density at radius 2 is 2.12 bits per heavy atom. The van der Waals surface area contributed by atoms with Crippen molar-refractivity contribution >= 4 is 11.3 Å². The zero-order chi connectivity index (χ0) is 12.1. The summed E-state index contributed by atoms with van der Waals surface area (Å²) < 4.78 is 11.0. The molecule has 0 unspecified atom stereocenters. The highest BCUT2D eigenvalue weighted by Gasteiger charge is 2.05. The summed E-state index contributed by atoms with van der Waals surface area (Å²) in [6, 6.07) is 9.80. The summed E-state index contributed by atoms with van der Waals surface area (Å²) in [4.78, 5) is 1.19. The lowest BCUT2D eigenvalue weighted by Crippen LogP contribution is -2.00. The van der Waals surface area contributed by atoms with Gasteiger partial charge in [-0.3, -0.25) is 0 Å². The molecular weight excluding hydrogens is 234 g/mol. The highest BCUT2D eigenvalue weighted by atomic mass is 32.1. The van der Waals surface area contributed by atoms with Crippen molar-refractivity contribution in [2.45, 2.75) is 13.2 Å². The van der Waals surface area contributed by atoms with Crippen LogP contribution >= 0.6 is 11.3 Å². The summed E-state index contributed by atoms with van der Waals surface area (Å²) in [6.45, 7) is 1.06. The van der Waals surface area contributed by atoms with E-state index in [0.717, 1.165) is 17.1 Å². The van der Waals surface area contributed by atoms with Gasteiger partial charge in [0.05, 0.1) is 7.11 Å². The zero-order valence-corrected chi connectivity index (χ0v) is 10.5. The Labute approximate surface area is 105 Å². The van der Waals surface area contributed by atoms with E-state index in [1.54, 1.807) is 18.4 Å². The Morgan fingerprint density at radius 1 is 1.24 bits per heavy atom. The minimum atomic E-state index is 0.499. The Hall–Kier alpha value is -1.52. The molecule has 3 nitrogen and oxygen atoms in total. The lowest BCUT2D eigenvalue weighted by Gasteiger charge is -2.11. The van der Waals surface area contributed by atoms with Crippen molar-refractivity contribution in [3.8, 4) is 11.5 Å². The zero-order valence-electron chi connectivity index (χ0n) is 9.68. The van der Waals surface area contributed by atoms with E-state index >= 15 is 0 Å². The maximum Gasteiger partial charge on any atom is 0.162 e. The van der Waals surface area contributed by atoms with Gasteiger partial charge in [-0.15, -0.1) is 11.3 Å². The van der Waals surface area contributed by atoms with Crippen molar-refractivity contribution in [3.05, 3.63) is 46.2 Å². The van der Waals surface area contributed by atoms with Crippen LogP contribution in [0.4, 0.5) is 0 Å². The molecule has 0 aliphatic carbocycles. The third kappa shape index (κ3) is 2.99. The van der Waals surface area contributed by atoms with Crippen molar-refractivity contribution in [1.29, 1.82) is 0 Å². The molecule has 0 amide bonds. The number of rotatable bonds is 5. The van der Waals surface area contributed by atoms with Crippen LogP contribution in [-0.2, 0) is 13.2 Å². The second-order valence-electron chi connectivity index (χ2n) is 3.56. The van der Waals surface area contributed by atoms with E-state index in [9.17, 15) is 0 Å². The first-order valence-corrected chi connectivity index (χ1v) is 6.23. The third-order valence-corrected chi connectivity index (χ3v) is 3.26. The third-order valence-electron chi connectivity index (χ3n) is 2.41. The van der Waals surface area contributed by atoms with Crippen LogP contribution in [0.1, 0.15) is 10.4 Å². The molecule has 0 spiro atoms. The average Bonchev–Trinajstić information content (AvgIpc) is 2.89. The van der Waals surface area contributed by atoms with Crippen LogP contribution in [-0.4, -0.2) is 7.11 Å². The van der Waals surface area contributed by atoms with Gasteiger partial charge in [-0.25, -0.2) is 0 Å². The van der Waals surface area contributed by atoms with Crippen molar-refractivity contribution < 1.29 is 9.47 Å². The minimum absolute atomic E-state index is 0.499. The SMILES string of the molecule is COc1ccc(CN)cc1OCc1cccs1. The van der Waals surface area contributed by atoms with Crippen LogP contribution in [0.15, 0.2) is 35.7 Å². The molecule has 90 valence electrons. The van der Waals surface area contributed by atoms with E-state index in [1.165, 1.54) is 4.88 Å². The van der Waals surface area contributed by atoms with Gasteiger partial charge >= 0.3 is 0 Å². The van der Waals surface area contributed by atoms with Crippen LogP contribution in [0.5, 0.6) is 11.5 Å². The van der Waals surface area contributed by atoms with Crippen LogP contribution in [0.3, 0.4) is 0 Å². The van der Waals surface area contributed by atoms with E-state index < -0.39 is 0 Å². The Morgan fingerprint density at radius 3 is 2.76 bits per heavy atom. The van der Waals surface area contributed by atoms with Gasteiger partial charge in [-0.1, -0.05) is 12.1 Å². The first kappa shape index (κ1) is 12.0. The molecule has 2 N–H and O–H groups in total. The first-order valence-electron chi connectivity index (χ1n) is 5.35. The molecule has 2 aromatic rings. The summed E-state index contributed by atoms with van der Waals surface area (Å²) in [5.74, 6) is 1.47. The first-order chi connectivity index (χ1) is 8.33. The van der Waals surface area contributed by atoms with Crippen LogP contribution in [0.25, 0.3) is 0 Å². The van der Waals surface area contributed by atoms with Gasteiger partial charge in [0.25, 0.3) is 0 Å². The minimum Gasteiger partial charge on any atom is -0.493 e. The standard InChI is InChI=1S/C13H15NO2S/c1-15-12-5-4-10(8-14)7-13(12)16-9-11-3-2-6-17-11/h2-7H,8-9,14H2,1H3. The van der Waals surface area contributed by atoms with Crippen molar-refractivity contribution in [2.24, 2.45) is 5.73 Å². The normalized spacial score (nSPS) is 10.2. The molecule has 0 saturated carbocycles. The molecule has 2 rings (SSSR count). The largest absolute Gasteiger partial charge is 0.493 e. The molecule has 0 atom stereocenters. The molecule has 1 heterocycles. The van der Waals surface area contributed by atoms with Crippen LogP contribution in [0.2, 0.25) is 0 Å². The van der Waals surface area contributed by atoms with Crippen molar-refractivity contribution in [3.63, 3.8) is 0 Å². The molecule has 0 aliphatic rings. The fourth-order valence-corrected chi connectivity index (χ4v) is 2.12. The molecule has 1 aromatic carbocycles. The molecular formula is C13H15NO2S. The molecule has 17 heavy (non-hydrogen) atoms. The van der Waals surface area contributed by atoms with Crippen LogP contribution in [0, 0.1) is 0 Å². The topological polar surface area (TPSA) is 44.5 Å². The molecule has 4 heteroatoms. The van der Waals surface area contributed by atoms with Gasteiger partial charge in [0.1, 0.15) is 6.61 Å². The van der Waals surface area contributed by atoms with Gasteiger partial charge in [0.15, 0.2) is 11.5 Å². The fraction of sp³-hybridized carbons (Fsp3) is 0.231. The highest BCUT2D eigenvalue weighted by molar-refractivity contribution is 7.09. The molecule has 1 aromatic heterocycles. The summed E-state index contributed by atoms with van der Waals surface area (Å²) in [5.41, 5.74) is 6.64. The van der Waals surface area contributed by atoms with Gasteiger partial charge in [0.2, 0.25) is 0 Å². The number of hydrogen-bond acceptors (Lipinski definition) is 4. The van der Waals surface area contributed by atoms with Gasteiger partial charge in [-0.05, 0) is 29.1 Å². The summed E-state index contributed by atoms with van der Waals surface area (Å²) in [5, 5.41) is 2.03. The number of thiophene rings is 1. The monoisotopic (exact) mass is 249 g/mol. The van der Waals surface area contributed by atoms with E-state index in [0.29, 0.717) is 13.2 Å². The fourth-order valence-electron chi connectivity index (χ4n) is 1.50. The van der Waals surface area contributed by atoms with Gasteiger partial charge in [-0.2, -0.15) is 0 Å². The second-order valence-corrected chi connectivity index (χ2v) is 4.59.